The van der Waals surface area contributed by atoms with Crippen molar-refractivity contribution in [3.8, 4) is 0 Å². The molecular formula is C17H24N2O3. The fourth-order valence-electron chi connectivity index (χ4n) is 2.75. The highest BCUT2D eigenvalue weighted by molar-refractivity contribution is 5.87. The van der Waals surface area contributed by atoms with Crippen molar-refractivity contribution in [1.29, 1.82) is 0 Å². The smallest absolute Gasteiger partial charge is 0.248 e. The van der Waals surface area contributed by atoms with E-state index in [9.17, 15) is 9.59 Å². The first-order chi connectivity index (χ1) is 10.4. The number of aryl methyl sites for hydroxylation is 1. The summed E-state index contributed by atoms with van der Waals surface area (Å²) in [6.07, 6.45) is 0. The summed E-state index contributed by atoms with van der Waals surface area (Å²) in [6, 6.07) is 8.03. The molecule has 5 nitrogen and oxygen atoms in total. The van der Waals surface area contributed by atoms with Crippen molar-refractivity contribution in [2.45, 2.75) is 26.2 Å². The molecule has 1 aliphatic rings. The molecule has 1 heterocycles. The Morgan fingerprint density at radius 3 is 2.05 bits per heavy atom. The van der Waals surface area contributed by atoms with Crippen molar-refractivity contribution < 1.29 is 14.7 Å². The molecule has 22 heavy (non-hydrogen) atoms. The Balaban J connectivity index is 2.05. The zero-order valence-electron chi connectivity index (χ0n) is 13.5. The number of benzene rings is 1. The molecule has 5 heteroatoms. The van der Waals surface area contributed by atoms with Gasteiger partial charge in [-0.3, -0.25) is 9.59 Å². The third kappa shape index (κ3) is 3.30. The van der Waals surface area contributed by atoms with Gasteiger partial charge in [0, 0.05) is 26.2 Å². The summed E-state index contributed by atoms with van der Waals surface area (Å²) >= 11 is 0. The molecule has 0 unspecified atom stereocenters. The molecule has 0 atom stereocenters. The Morgan fingerprint density at radius 2 is 1.55 bits per heavy atom. The van der Waals surface area contributed by atoms with Gasteiger partial charge in [0.1, 0.15) is 6.61 Å². The van der Waals surface area contributed by atoms with Crippen LogP contribution in [0.1, 0.15) is 25.0 Å². The van der Waals surface area contributed by atoms with Gasteiger partial charge < -0.3 is 14.9 Å². The van der Waals surface area contributed by atoms with Crippen LogP contribution in [0.5, 0.6) is 0 Å². The molecule has 1 fully saturated rings. The summed E-state index contributed by atoms with van der Waals surface area (Å²) in [5, 5.41) is 8.89. The Labute approximate surface area is 131 Å². The van der Waals surface area contributed by atoms with E-state index in [4.69, 9.17) is 5.11 Å². The third-order valence-electron chi connectivity index (χ3n) is 4.36. The van der Waals surface area contributed by atoms with E-state index in [0.29, 0.717) is 26.2 Å². The van der Waals surface area contributed by atoms with Crippen LogP contribution in [0.3, 0.4) is 0 Å². The fraction of sp³-hybridized carbons (Fsp3) is 0.529. The van der Waals surface area contributed by atoms with Crippen molar-refractivity contribution in [3.63, 3.8) is 0 Å². The highest BCUT2D eigenvalue weighted by atomic mass is 16.3. The Hall–Kier alpha value is -1.88. The van der Waals surface area contributed by atoms with E-state index in [0.717, 1.165) is 5.56 Å². The lowest BCUT2D eigenvalue weighted by Gasteiger charge is -2.38. The number of rotatable bonds is 3. The minimum atomic E-state index is -0.586. The predicted molar refractivity (Wildman–Crippen MR) is 84.5 cm³/mol. The maximum absolute atomic E-state index is 12.8. The first-order valence-corrected chi connectivity index (χ1v) is 7.61. The maximum Gasteiger partial charge on any atom is 0.248 e. The average molecular weight is 304 g/mol. The van der Waals surface area contributed by atoms with Crippen LogP contribution in [0, 0.1) is 6.92 Å². The van der Waals surface area contributed by atoms with Crippen LogP contribution in [-0.2, 0) is 15.0 Å². The number of piperazine rings is 1. The van der Waals surface area contributed by atoms with Crippen LogP contribution in [0.15, 0.2) is 24.3 Å². The zero-order chi connectivity index (χ0) is 16.3. The van der Waals surface area contributed by atoms with Crippen LogP contribution in [0.2, 0.25) is 0 Å². The SMILES string of the molecule is Cc1ccc(C(C)(C)C(=O)N2CCN(C(=O)CO)CC2)cc1. The number of amides is 2. The Kier molecular flexibility index (Phi) is 4.86. The van der Waals surface area contributed by atoms with Crippen LogP contribution in [-0.4, -0.2) is 59.5 Å². The van der Waals surface area contributed by atoms with Gasteiger partial charge in [-0.05, 0) is 26.3 Å². The minimum Gasteiger partial charge on any atom is -0.387 e. The zero-order valence-corrected chi connectivity index (χ0v) is 13.5. The molecule has 0 aliphatic carbocycles. The van der Waals surface area contributed by atoms with Gasteiger partial charge in [0.15, 0.2) is 0 Å². The minimum absolute atomic E-state index is 0.0763. The van der Waals surface area contributed by atoms with E-state index in [2.05, 4.69) is 0 Å². The third-order valence-corrected chi connectivity index (χ3v) is 4.36. The monoisotopic (exact) mass is 304 g/mol. The quantitative estimate of drug-likeness (QED) is 0.904. The normalized spacial score (nSPS) is 15.8. The summed E-state index contributed by atoms with van der Waals surface area (Å²) in [7, 11) is 0. The van der Waals surface area contributed by atoms with Crippen molar-refractivity contribution in [2.75, 3.05) is 32.8 Å². The molecule has 1 N–H and O–H groups in total. The molecule has 1 saturated heterocycles. The van der Waals surface area contributed by atoms with Crippen LogP contribution >= 0.6 is 0 Å². The first-order valence-electron chi connectivity index (χ1n) is 7.61. The first kappa shape index (κ1) is 16.5. The van der Waals surface area contributed by atoms with E-state index < -0.39 is 12.0 Å². The lowest BCUT2D eigenvalue weighted by molar-refractivity contribution is -0.143. The number of carbonyl (C=O) groups excluding carboxylic acids is 2. The van der Waals surface area contributed by atoms with E-state index in [-0.39, 0.29) is 11.8 Å². The van der Waals surface area contributed by atoms with E-state index in [1.165, 1.54) is 5.56 Å². The van der Waals surface area contributed by atoms with E-state index in [1.807, 2.05) is 45.0 Å². The molecule has 0 radical (unpaired) electrons. The molecule has 0 spiro atoms. The highest BCUT2D eigenvalue weighted by Crippen LogP contribution is 2.26. The Morgan fingerprint density at radius 1 is 1.05 bits per heavy atom. The van der Waals surface area contributed by atoms with Gasteiger partial charge in [-0.25, -0.2) is 0 Å². The number of aliphatic hydroxyl groups excluding tert-OH is 1. The average Bonchev–Trinajstić information content (AvgIpc) is 2.54. The lowest BCUT2D eigenvalue weighted by Crippen LogP contribution is -2.54. The molecule has 0 bridgehead atoms. The van der Waals surface area contributed by atoms with Crippen LogP contribution < -0.4 is 0 Å². The number of hydrogen-bond donors (Lipinski definition) is 1. The van der Waals surface area contributed by atoms with Gasteiger partial charge in [-0.15, -0.1) is 0 Å². The fourth-order valence-corrected chi connectivity index (χ4v) is 2.75. The maximum atomic E-state index is 12.8. The molecule has 2 rings (SSSR count). The van der Waals surface area contributed by atoms with Gasteiger partial charge in [0.25, 0.3) is 0 Å². The molecule has 0 aromatic heterocycles. The van der Waals surface area contributed by atoms with E-state index >= 15 is 0 Å². The second kappa shape index (κ2) is 6.48. The van der Waals surface area contributed by atoms with Gasteiger partial charge in [-0.2, -0.15) is 0 Å². The molecule has 2 amide bonds. The molecule has 1 aromatic carbocycles. The van der Waals surface area contributed by atoms with Gasteiger partial charge in [0.05, 0.1) is 5.41 Å². The second-order valence-electron chi connectivity index (χ2n) is 6.32. The van der Waals surface area contributed by atoms with Crippen molar-refractivity contribution >= 4 is 11.8 Å². The molecule has 120 valence electrons. The van der Waals surface area contributed by atoms with Crippen LogP contribution in [0.25, 0.3) is 0 Å². The summed E-state index contributed by atoms with van der Waals surface area (Å²) in [5.74, 6) is -0.197. The van der Waals surface area contributed by atoms with Crippen molar-refractivity contribution in [1.82, 2.24) is 9.80 Å². The lowest BCUT2D eigenvalue weighted by atomic mass is 9.82. The number of nitrogens with zero attached hydrogens (tertiary/aromatic N) is 2. The van der Waals surface area contributed by atoms with Gasteiger partial charge in [-0.1, -0.05) is 29.8 Å². The summed E-state index contributed by atoms with van der Waals surface area (Å²) in [6.45, 7) is 7.42. The van der Waals surface area contributed by atoms with Gasteiger partial charge >= 0.3 is 0 Å². The number of aliphatic hydroxyl groups is 1. The van der Waals surface area contributed by atoms with Crippen LogP contribution in [0.4, 0.5) is 0 Å². The van der Waals surface area contributed by atoms with Crippen molar-refractivity contribution in [2.24, 2.45) is 0 Å². The summed E-state index contributed by atoms with van der Waals surface area (Å²) < 4.78 is 0. The number of carbonyl (C=O) groups is 2. The topological polar surface area (TPSA) is 60.9 Å². The Bertz CT molecular complexity index is 544. The standard InChI is InChI=1S/C17H24N2O3/c1-13-4-6-14(7-5-13)17(2,3)16(22)19-10-8-18(9-11-19)15(21)12-20/h4-7,20H,8-12H2,1-3H3. The predicted octanol–water partition coefficient (Wildman–Crippen LogP) is 0.936. The molecule has 1 aliphatic heterocycles. The molecule has 1 aromatic rings. The van der Waals surface area contributed by atoms with Gasteiger partial charge in [0.2, 0.25) is 11.8 Å². The number of hydrogen-bond acceptors (Lipinski definition) is 3. The second-order valence-corrected chi connectivity index (χ2v) is 6.32. The molecular weight excluding hydrogens is 280 g/mol. The summed E-state index contributed by atoms with van der Waals surface area (Å²) in [5.41, 5.74) is 1.58. The van der Waals surface area contributed by atoms with E-state index in [1.54, 1.807) is 9.80 Å². The highest BCUT2D eigenvalue weighted by Gasteiger charge is 2.35. The largest absolute Gasteiger partial charge is 0.387 e. The summed E-state index contributed by atoms with van der Waals surface area (Å²) in [4.78, 5) is 27.7. The van der Waals surface area contributed by atoms with Crippen molar-refractivity contribution in [3.05, 3.63) is 35.4 Å². The molecule has 0 saturated carbocycles.